The third kappa shape index (κ3) is 5.12. The number of anilines is 1. The molecule has 0 aliphatic heterocycles. The fraction of sp³-hybridized carbons (Fsp3) is 0.0741. The number of hydrogen-bond acceptors (Lipinski definition) is 4. The molecule has 0 saturated heterocycles. The minimum Gasteiger partial charge on any atom is -0.459 e. The molecule has 0 spiro atoms. The number of amides is 2. The summed E-state index contributed by atoms with van der Waals surface area (Å²) in [5.41, 5.74) is 1.55. The number of rotatable bonds is 6. The molecule has 0 aliphatic carbocycles. The van der Waals surface area contributed by atoms with Gasteiger partial charge in [0.25, 0.3) is 11.8 Å². The topological polar surface area (TPSA) is 89.2 Å². The van der Waals surface area contributed by atoms with Crippen LogP contribution in [0.1, 0.15) is 32.0 Å². The summed E-state index contributed by atoms with van der Waals surface area (Å²) in [4.78, 5) is 25.3. The van der Waals surface area contributed by atoms with Gasteiger partial charge in [0.15, 0.2) is 5.76 Å². The second-order valence-electron chi connectivity index (χ2n) is 8.27. The molecule has 0 bridgehead atoms. The maximum Gasteiger partial charge on any atom is 0.416 e. The normalized spacial score (nSPS) is 11.5. The number of halogens is 4. The number of carbonyl (C=O) groups is 2. The zero-order chi connectivity index (χ0) is 26.9. The zero-order valence-electron chi connectivity index (χ0n) is 19.4. The fourth-order valence-corrected chi connectivity index (χ4v) is 4.08. The van der Waals surface area contributed by atoms with E-state index in [0.29, 0.717) is 27.8 Å². The minimum absolute atomic E-state index is 0.145. The monoisotopic (exact) mass is 538 g/mol. The minimum atomic E-state index is -4.44. The fourth-order valence-electron chi connectivity index (χ4n) is 3.88. The van der Waals surface area contributed by atoms with Gasteiger partial charge in [0, 0.05) is 11.9 Å². The average Bonchev–Trinajstić information content (AvgIpc) is 3.59. The van der Waals surface area contributed by atoms with Crippen molar-refractivity contribution < 1.29 is 27.2 Å². The van der Waals surface area contributed by atoms with Crippen LogP contribution in [0.2, 0.25) is 5.02 Å². The molecule has 0 aliphatic rings. The van der Waals surface area contributed by atoms with Gasteiger partial charge in [-0.25, -0.2) is 4.68 Å². The predicted octanol–water partition coefficient (Wildman–Crippen LogP) is 6.47. The maximum atomic E-state index is 13.1. The summed E-state index contributed by atoms with van der Waals surface area (Å²) in [5.74, 6) is -0.710. The van der Waals surface area contributed by atoms with Gasteiger partial charge in [-0.05, 0) is 66.2 Å². The van der Waals surface area contributed by atoms with E-state index in [0.717, 1.165) is 12.1 Å². The highest BCUT2D eigenvalue weighted by Gasteiger charge is 2.30. The summed E-state index contributed by atoms with van der Waals surface area (Å²) in [5, 5.41) is 10.6. The lowest BCUT2D eigenvalue weighted by Gasteiger charge is -2.11. The van der Waals surface area contributed by atoms with Crippen molar-refractivity contribution in [3.63, 3.8) is 0 Å². The van der Waals surface area contributed by atoms with Gasteiger partial charge in [-0.3, -0.25) is 9.59 Å². The molecule has 0 saturated carbocycles. The van der Waals surface area contributed by atoms with E-state index in [9.17, 15) is 22.8 Å². The SMILES string of the molecule is O=C(NCc1ccc(Cl)c(C(=O)Nc2cccc3c2cnn3-c2ccc(C(F)(F)F)cc2)c1)c1ccco1. The molecule has 2 N–H and O–H groups in total. The van der Waals surface area contributed by atoms with E-state index >= 15 is 0 Å². The van der Waals surface area contributed by atoms with Crippen LogP contribution < -0.4 is 10.6 Å². The van der Waals surface area contributed by atoms with Crippen molar-refractivity contribution in [2.24, 2.45) is 0 Å². The van der Waals surface area contributed by atoms with Crippen molar-refractivity contribution >= 4 is 40.0 Å². The molecule has 0 fully saturated rings. The van der Waals surface area contributed by atoms with Crippen LogP contribution in [0.4, 0.5) is 18.9 Å². The van der Waals surface area contributed by atoms with Crippen LogP contribution >= 0.6 is 11.6 Å². The molecule has 11 heteroatoms. The first-order valence-corrected chi connectivity index (χ1v) is 11.6. The second-order valence-corrected chi connectivity index (χ2v) is 8.67. The number of nitrogens with one attached hydrogen (secondary N) is 2. The Bertz CT molecular complexity index is 1630. The summed E-state index contributed by atoms with van der Waals surface area (Å²) in [7, 11) is 0. The lowest BCUT2D eigenvalue weighted by molar-refractivity contribution is -0.137. The Kier molecular flexibility index (Phi) is 6.64. The highest BCUT2D eigenvalue weighted by atomic mass is 35.5. The smallest absolute Gasteiger partial charge is 0.416 e. The Morgan fingerprint density at radius 3 is 2.47 bits per heavy atom. The first-order chi connectivity index (χ1) is 18.2. The van der Waals surface area contributed by atoms with E-state index in [1.165, 1.54) is 35.3 Å². The van der Waals surface area contributed by atoms with Gasteiger partial charge in [-0.2, -0.15) is 18.3 Å². The zero-order valence-corrected chi connectivity index (χ0v) is 20.2. The van der Waals surface area contributed by atoms with Crippen LogP contribution in [0, 0.1) is 0 Å². The molecule has 0 unspecified atom stereocenters. The number of hydrogen-bond donors (Lipinski definition) is 2. The Hall–Kier alpha value is -4.57. The summed E-state index contributed by atoms with van der Waals surface area (Å²) in [6.45, 7) is 0.145. The Labute approximate surface area is 218 Å². The number of aromatic nitrogens is 2. The standard InChI is InChI=1S/C27H18ClF3N4O3/c28-21-11-6-16(14-32-26(37)24-5-2-12-38-24)13-19(21)25(36)34-22-3-1-4-23-20(22)15-33-35(23)18-9-7-17(8-10-18)27(29,30)31/h1-13,15H,14H2,(H,32,37)(H,34,36). The lowest BCUT2D eigenvalue weighted by Crippen LogP contribution is -2.22. The van der Waals surface area contributed by atoms with Gasteiger partial charge >= 0.3 is 6.18 Å². The summed E-state index contributed by atoms with van der Waals surface area (Å²) in [6, 6.07) is 17.7. The number of fused-ring (bicyclic) bond motifs is 1. The van der Waals surface area contributed by atoms with Crippen LogP contribution in [0.5, 0.6) is 0 Å². The van der Waals surface area contributed by atoms with E-state index in [1.54, 1.807) is 42.5 Å². The molecule has 38 heavy (non-hydrogen) atoms. The number of carbonyl (C=O) groups excluding carboxylic acids is 2. The Balaban J connectivity index is 1.36. The third-order valence-corrected chi connectivity index (χ3v) is 6.10. The van der Waals surface area contributed by atoms with Crippen molar-refractivity contribution in [2.75, 3.05) is 5.32 Å². The molecule has 0 atom stereocenters. The first kappa shape index (κ1) is 25.1. The van der Waals surface area contributed by atoms with Crippen LogP contribution in [0.15, 0.2) is 89.7 Å². The van der Waals surface area contributed by atoms with Crippen molar-refractivity contribution in [1.82, 2.24) is 15.1 Å². The van der Waals surface area contributed by atoms with Crippen molar-refractivity contribution in [2.45, 2.75) is 12.7 Å². The molecule has 2 amide bonds. The maximum absolute atomic E-state index is 13.1. The predicted molar refractivity (Wildman–Crippen MR) is 135 cm³/mol. The summed E-state index contributed by atoms with van der Waals surface area (Å²) < 4.78 is 45.3. The molecule has 5 rings (SSSR count). The highest BCUT2D eigenvalue weighted by Crippen LogP contribution is 2.31. The van der Waals surface area contributed by atoms with E-state index in [-0.39, 0.29) is 22.9 Å². The number of furan rings is 1. The molecule has 3 aromatic carbocycles. The second kappa shape index (κ2) is 10.1. The molecule has 2 aromatic heterocycles. The largest absolute Gasteiger partial charge is 0.459 e. The van der Waals surface area contributed by atoms with Gasteiger partial charge < -0.3 is 15.1 Å². The molecule has 7 nitrogen and oxygen atoms in total. The van der Waals surface area contributed by atoms with Gasteiger partial charge in [0.05, 0.1) is 45.5 Å². The first-order valence-electron chi connectivity index (χ1n) is 11.3. The van der Waals surface area contributed by atoms with Crippen molar-refractivity contribution in [1.29, 1.82) is 0 Å². The van der Waals surface area contributed by atoms with Crippen molar-refractivity contribution in [3.8, 4) is 5.69 Å². The Morgan fingerprint density at radius 1 is 0.974 bits per heavy atom. The van der Waals surface area contributed by atoms with E-state index in [2.05, 4.69) is 15.7 Å². The average molecular weight is 539 g/mol. The third-order valence-electron chi connectivity index (χ3n) is 5.77. The summed E-state index contributed by atoms with van der Waals surface area (Å²) >= 11 is 6.29. The molecule has 2 heterocycles. The van der Waals surface area contributed by atoms with Crippen LogP contribution in [0.25, 0.3) is 16.6 Å². The summed E-state index contributed by atoms with van der Waals surface area (Å²) in [6.07, 6.45) is -1.52. The van der Waals surface area contributed by atoms with Gasteiger partial charge in [-0.15, -0.1) is 0 Å². The number of nitrogens with zero attached hydrogens (tertiary/aromatic N) is 2. The van der Waals surface area contributed by atoms with Crippen LogP contribution in [-0.4, -0.2) is 21.6 Å². The van der Waals surface area contributed by atoms with E-state index < -0.39 is 23.6 Å². The van der Waals surface area contributed by atoms with Gasteiger partial charge in [0.2, 0.25) is 0 Å². The molecular formula is C27H18ClF3N4O3. The highest BCUT2D eigenvalue weighted by molar-refractivity contribution is 6.34. The van der Waals surface area contributed by atoms with Gasteiger partial charge in [-0.1, -0.05) is 23.7 Å². The van der Waals surface area contributed by atoms with Crippen LogP contribution in [0.3, 0.4) is 0 Å². The molecule has 0 radical (unpaired) electrons. The van der Waals surface area contributed by atoms with E-state index in [1.807, 2.05) is 0 Å². The number of benzene rings is 3. The number of alkyl halides is 3. The van der Waals surface area contributed by atoms with E-state index in [4.69, 9.17) is 16.0 Å². The van der Waals surface area contributed by atoms with Gasteiger partial charge in [0.1, 0.15) is 0 Å². The van der Waals surface area contributed by atoms with Crippen molar-refractivity contribution in [3.05, 3.63) is 113 Å². The molecule has 192 valence electrons. The lowest BCUT2D eigenvalue weighted by atomic mass is 10.1. The molecule has 5 aromatic rings. The molecular weight excluding hydrogens is 521 g/mol. The quantitative estimate of drug-likeness (QED) is 0.259. The Morgan fingerprint density at radius 2 is 1.76 bits per heavy atom. The van der Waals surface area contributed by atoms with Crippen LogP contribution in [-0.2, 0) is 12.7 Å².